The molecule has 0 aliphatic carbocycles. The normalized spacial score (nSPS) is 11.5. The van der Waals surface area contributed by atoms with E-state index in [2.05, 4.69) is 4.74 Å². The predicted octanol–water partition coefficient (Wildman–Crippen LogP) is 2.35. The summed E-state index contributed by atoms with van der Waals surface area (Å²) in [6.07, 6.45) is 0. The van der Waals surface area contributed by atoms with E-state index in [1.807, 2.05) is 39.0 Å². The van der Waals surface area contributed by atoms with Gasteiger partial charge in [0.25, 0.3) is 5.78 Å². The largest absolute Gasteiger partial charge is 0.460 e. The molecule has 0 spiro atoms. The maximum Gasteiger partial charge on any atom is 0.376 e. The molecule has 0 fully saturated rings. The summed E-state index contributed by atoms with van der Waals surface area (Å²) in [6, 6.07) is 5.70. The first kappa shape index (κ1) is 14.9. The maximum absolute atomic E-state index is 12.0. The van der Waals surface area contributed by atoms with E-state index in [9.17, 15) is 14.9 Å². The fraction of sp³-hybridized carbons (Fsp3) is 0.400. The molecule has 1 atom stereocenters. The van der Waals surface area contributed by atoms with Gasteiger partial charge in [0.15, 0.2) is 0 Å². The van der Waals surface area contributed by atoms with Gasteiger partial charge < -0.3 is 4.74 Å². The molecule has 0 saturated carbocycles. The Balaban J connectivity index is 3.23. The summed E-state index contributed by atoms with van der Waals surface area (Å²) in [5, 5.41) is 9.21. The molecule has 19 heavy (non-hydrogen) atoms. The zero-order valence-electron chi connectivity index (χ0n) is 11.6. The van der Waals surface area contributed by atoms with Crippen LogP contribution in [0.2, 0.25) is 0 Å². The first-order valence-electron chi connectivity index (χ1n) is 6.10. The third-order valence-electron chi connectivity index (χ3n) is 2.89. The van der Waals surface area contributed by atoms with Crippen LogP contribution >= 0.6 is 0 Å². The Morgan fingerprint density at radius 2 is 1.79 bits per heavy atom. The van der Waals surface area contributed by atoms with Gasteiger partial charge in [-0.2, -0.15) is 5.26 Å². The number of hydrogen-bond donors (Lipinski definition) is 0. The number of hydrogen-bond acceptors (Lipinski definition) is 4. The van der Waals surface area contributed by atoms with Gasteiger partial charge in [0.1, 0.15) is 5.92 Å². The van der Waals surface area contributed by atoms with Gasteiger partial charge >= 0.3 is 5.97 Å². The van der Waals surface area contributed by atoms with Crippen molar-refractivity contribution < 1.29 is 14.3 Å². The van der Waals surface area contributed by atoms with Gasteiger partial charge in [-0.15, -0.1) is 0 Å². The summed E-state index contributed by atoms with van der Waals surface area (Å²) >= 11 is 0. The number of ketones is 1. The molecule has 0 amide bonds. The van der Waals surface area contributed by atoms with Crippen LogP contribution in [-0.2, 0) is 14.3 Å². The molecule has 4 heteroatoms. The fourth-order valence-electron chi connectivity index (χ4n) is 2.22. The second-order valence-corrected chi connectivity index (χ2v) is 4.46. The molecule has 1 aromatic carbocycles. The summed E-state index contributed by atoms with van der Waals surface area (Å²) in [5.74, 6) is -2.85. The summed E-state index contributed by atoms with van der Waals surface area (Å²) in [6.45, 7) is 7.35. The summed E-state index contributed by atoms with van der Waals surface area (Å²) in [7, 11) is 0. The van der Waals surface area contributed by atoms with Gasteiger partial charge in [-0.3, -0.25) is 4.79 Å². The smallest absolute Gasteiger partial charge is 0.376 e. The molecule has 0 radical (unpaired) electrons. The summed E-state index contributed by atoms with van der Waals surface area (Å²) < 4.78 is 4.67. The minimum absolute atomic E-state index is 0.120. The van der Waals surface area contributed by atoms with Crippen molar-refractivity contribution in [2.75, 3.05) is 6.61 Å². The van der Waals surface area contributed by atoms with E-state index >= 15 is 0 Å². The molecule has 0 bridgehead atoms. The summed E-state index contributed by atoms with van der Waals surface area (Å²) in [4.78, 5) is 23.4. The highest BCUT2D eigenvalue weighted by Crippen LogP contribution is 2.26. The van der Waals surface area contributed by atoms with Gasteiger partial charge in [0, 0.05) is 0 Å². The Kier molecular flexibility index (Phi) is 4.82. The van der Waals surface area contributed by atoms with Gasteiger partial charge in [-0.1, -0.05) is 17.7 Å². The number of Topliss-reactive ketones (excluding diaryl/α,β-unsaturated/α-hetero) is 1. The van der Waals surface area contributed by atoms with Gasteiger partial charge in [-0.25, -0.2) is 4.79 Å². The first-order chi connectivity index (χ1) is 8.92. The topological polar surface area (TPSA) is 67.2 Å². The van der Waals surface area contributed by atoms with Crippen molar-refractivity contribution in [3.8, 4) is 6.07 Å². The Morgan fingerprint density at radius 1 is 1.26 bits per heavy atom. The number of ether oxygens (including phenoxy) is 1. The second kappa shape index (κ2) is 6.14. The molecular formula is C15H17NO3. The Bertz CT molecular complexity index is 532. The number of benzene rings is 1. The highest BCUT2D eigenvalue weighted by atomic mass is 16.5. The van der Waals surface area contributed by atoms with E-state index in [1.165, 1.54) is 0 Å². The first-order valence-corrected chi connectivity index (χ1v) is 6.10. The number of carbonyl (C=O) groups is 2. The minimum Gasteiger partial charge on any atom is -0.460 e. The van der Waals surface area contributed by atoms with Crippen LogP contribution in [0.15, 0.2) is 12.1 Å². The van der Waals surface area contributed by atoms with Gasteiger partial charge in [-0.05, 0) is 44.4 Å². The van der Waals surface area contributed by atoms with Crippen LogP contribution in [0, 0.1) is 32.1 Å². The number of nitrogens with zero attached hydrogens (tertiary/aromatic N) is 1. The quantitative estimate of drug-likeness (QED) is 0.615. The van der Waals surface area contributed by atoms with E-state index < -0.39 is 17.7 Å². The molecular weight excluding hydrogens is 242 g/mol. The number of rotatable bonds is 4. The standard InChI is InChI=1S/C15H17NO3/c1-5-19-15(18)14(17)12(8-16)13-10(3)6-9(2)7-11(13)4/h6-7,12H,5H2,1-4H3. The van der Waals surface area contributed by atoms with E-state index in [1.54, 1.807) is 6.92 Å². The van der Waals surface area contributed by atoms with Gasteiger partial charge in [0.05, 0.1) is 12.7 Å². The molecule has 0 heterocycles. The molecule has 1 aromatic rings. The molecule has 1 unspecified atom stereocenters. The van der Waals surface area contributed by atoms with Crippen molar-refractivity contribution in [1.82, 2.24) is 0 Å². The van der Waals surface area contributed by atoms with Crippen molar-refractivity contribution in [1.29, 1.82) is 5.26 Å². The number of esters is 1. The van der Waals surface area contributed by atoms with Crippen LogP contribution in [0.25, 0.3) is 0 Å². The molecule has 0 aromatic heterocycles. The Hall–Kier alpha value is -2.15. The molecule has 0 aliphatic rings. The number of aryl methyl sites for hydroxylation is 3. The molecule has 0 aliphatic heterocycles. The monoisotopic (exact) mass is 259 g/mol. The lowest BCUT2D eigenvalue weighted by Gasteiger charge is -2.14. The molecule has 4 nitrogen and oxygen atoms in total. The van der Waals surface area contributed by atoms with Crippen LogP contribution in [0.4, 0.5) is 0 Å². The SMILES string of the molecule is CCOC(=O)C(=O)C(C#N)c1c(C)cc(C)cc1C. The highest BCUT2D eigenvalue weighted by Gasteiger charge is 2.30. The van der Waals surface area contributed by atoms with Crippen molar-refractivity contribution in [2.45, 2.75) is 33.6 Å². The average molecular weight is 259 g/mol. The lowest BCUT2D eigenvalue weighted by Crippen LogP contribution is -2.24. The molecule has 0 saturated heterocycles. The second-order valence-electron chi connectivity index (χ2n) is 4.46. The predicted molar refractivity (Wildman–Crippen MR) is 70.6 cm³/mol. The van der Waals surface area contributed by atoms with Gasteiger partial charge in [0.2, 0.25) is 0 Å². The van der Waals surface area contributed by atoms with Crippen LogP contribution in [0.3, 0.4) is 0 Å². The van der Waals surface area contributed by atoms with Crippen LogP contribution in [-0.4, -0.2) is 18.4 Å². The number of nitriles is 1. The minimum atomic E-state index is -1.10. The van der Waals surface area contributed by atoms with Crippen molar-refractivity contribution in [3.05, 3.63) is 34.4 Å². The van der Waals surface area contributed by atoms with Crippen LogP contribution in [0.5, 0.6) is 0 Å². The van der Waals surface area contributed by atoms with Crippen molar-refractivity contribution in [3.63, 3.8) is 0 Å². The lowest BCUT2D eigenvalue weighted by atomic mass is 9.87. The average Bonchev–Trinajstić information content (AvgIpc) is 2.33. The van der Waals surface area contributed by atoms with E-state index in [-0.39, 0.29) is 6.61 Å². The Labute approximate surface area is 113 Å². The lowest BCUT2D eigenvalue weighted by molar-refractivity contribution is -0.153. The number of carbonyl (C=O) groups excluding carboxylic acids is 2. The zero-order valence-corrected chi connectivity index (χ0v) is 11.6. The molecule has 100 valence electrons. The van der Waals surface area contributed by atoms with Crippen LogP contribution < -0.4 is 0 Å². The van der Waals surface area contributed by atoms with E-state index in [4.69, 9.17) is 0 Å². The maximum atomic E-state index is 12.0. The molecule has 1 rings (SSSR count). The zero-order chi connectivity index (χ0) is 14.6. The van der Waals surface area contributed by atoms with E-state index in [0.29, 0.717) is 5.56 Å². The summed E-state index contributed by atoms with van der Waals surface area (Å²) in [5.41, 5.74) is 3.33. The fourth-order valence-corrected chi connectivity index (χ4v) is 2.22. The highest BCUT2D eigenvalue weighted by molar-refractivity contribution is 6.36. The van der Waals surface area contributed by atoms with E-state index in [0.717, 1.165) is 16.7 Å². The van der Waals surface area contributed by atoms with Crippen molar-refractivity contribution in [2.24, 2.45) is 0 Å². The van der Waals surface area contributed by atoms with Crippen LogP contribution in [0.1, 0.15) is 35.1 Å². The van der Waals surface area contributed by atoms with Crippen molar-refractivity contribution >= 4 is 11.8 Å². The third kappa shape index (κ3) is 3.19. The Morgan fingerprint density at radius 3 is 2.21 bits per heavy atom. The molecule has 0 N–H and O–H groups in total. The third-order valence-corrected chi connectivity index (χ3v) is 2.89.